The summed E-state index contributed by atoms with van der Waals surface area (Å²) in [6.07, 6.45) is 7.43. The van der Waals surface area contributed by atoms with Crippen molar-refractivity contribution < 1.29 is 4.79 Å². The minimum absolute atomic E-state index is 0.0501. The molecule has 1 saturated carbocycles. The number of halogens is 2. The summed E-state index contributed by atoms with van der Waals surface area (Å²) < 4.78 is 0. The average Bonchev–Trinajstić information content (AvgIpc) is 2.56. The first-order chi connectivity index (χ1) is 11.0. The van der Waals surface area contributed by atoms with Gasteiger partial charge in [0.25, 0.3) is 5.91 Å². The third-order valence-corrected chi connectivity index (χ3v) is 4.59. The van der Waals surface area contributed by atoms with Crippen molar-refractivity contribution in [3.05, 3.63) is 40.0 Å². The molecule has 1 aliphatic carbocycles. The molecule has 0 aliphatic heterocycles. The zero-order chi connectivity index (χ0) is 16.8. The number of hydrogen-bond donors (Lipinski definition) is 1. The molecule has 0 bridgehead atoms. The van der Waals surface area contributed by atoms with Gasteiger partial charge in [-0.25, -0.2) is 0 Å². The number of nitrogens with one attached hydrogen (secondary N) is 1. The van der Waals surface area contributed by atoms with Crippen LogP contribution < -0.4 is 5.32 Å². The van der Waals surface area contributed by atoms with E-state index in [4.69, 9.17) is 23.2 Å². The molecule has 0 radical (unpaired) electrons. The van der Waals surface area contributed by atoms with E-state index < -0.39 is 5.91 Å². The van der Waals surface area contributed by atoms with Crippen LogP contribution in [0.2, 0.25) is 10.0 Å². The Bertz CT molecular complexity index is 646. The van der Waals surface area contributed by atoms with Crippen LogP contribution in [0.15, 0.2) is 30.0 Å². The highest BCUT2D eigenvalue weighted by Crippen LogP contribution is 2.26. The minimum Gasteiger partial charge on any atom is -0.376 e. The van der Waals surface area contributed by atoms with Crippen molar-refractivity contribution in [2.24, 2.45) is 0 Å². The van der Waals surface area contributed by atoms with Gasteiger partial charge in [-0.3, -0.25) is 4.79 Å². The normalized spacial score (nSPS) is 15.8. The van der Waals surface area contributed by atoms with Gasteiger partial charge < -0.3 is 10.2 Å². The number of nitriles is 1. The number of rotatable bonds is 4. The van der Waals surface area contributed by atoms with E-state index in [0.717, 1.165) is 12.8 Å². The third-order valence-electron chi connectivity index (χ3n) is 4.03. The zero-order valence-corrected chi connectivity index (χ0v) is 14.5. The summed E-state index contributed by atoms with van der Waals surface area (Å²) in [4.78, 5) is 14.3. The van der Waals surface area contributed by atoms with Crippen LogP contribution in [0, 0.1) is 11.3 Å². The predicted molar refractivity (Wildman–Crippen MR) is 93.4 cm³/mol. The Hall–Kier alpha value is -1.70. The Morgan fingerprint density at radius 1 is 1.35 bits per heavy atom. The molecule has 0 saturated heterocycles. The summed E-state index contributed by atoms with van der Waals surface area (Å²) >= 11 is 11.9. The van der Waals surface area contributed by atoms with E-state index in [-0.39, 0.29) is 5.57 Å². The first-order valence-corrected chi connectivity index (χ1v) is 8.37. The summed E-state index contributed by atoms with van der Waals surface area (Å²) in [6, 6.07) is 7.14. The molecule has 1 amide bonds. The lowest BCUT2D eigenvalue weighted by atomic mass is 9.94. The van der Waals surface area contributed by atoms with Crippen molar-refractivity contribution in [1.29, 1.82) is 5.26 Å². The fourth-order valence-corrected chi connectivity index (χ4v) is 3.06. The molecule has 0 spiro atoms. The van der Waals surface area contributed by atoms with Gasteiger partial charge >= 0.3 is 0 Å². The molecule has 6 heteroatoms. The predicted octanol–water partition coefficient (Wildman–Crippen LogP) is 4.60. The molecule has 122 valence electrons. The molecule has 0 heterocycles. The van der Waals surface area contributed by atoms with Gasteiger partial charge in [-0.05, 0) is 31.0 Å². The van der Waals surface area contributed by atoms with Crippen LogP contribution in [0.4, 0.5) is 5.69 Å². The van der Waals surface area contributed by atoms with Gasteiger partial charge in [0.05, 0.1) is 10.7 Å². The highest BCUT2D eigenvalue weighted by Gasteiger charge is 2.18. The van der Waals surface area contributed by atoms with Crippen LogP contribution in [0.1, 0.15) is 32.1 Å². The quantitative estimate of drug-likeness (QED) is 0.636. The highest BCUT2D eigenvalue weighted by molar-refractivity contribution is 6.35. The van der Waals surface area contributed by atoms with Gasteiger partial charge in [0.2, 0.25) is 0 Å². The van der Waals surface area contributed by atoms with Crippen molar-refractivity contribution in [3.63, 3.8) is 0 Å². The number of benzene rings is 1. The van der Waals surface area contributed by atoms with Gasteiger partial charge in [-0.1, -0.05) is 42.5 Å². The molecule has 1 aliphatic rings. The van der Waals surface area contributed by atoms with E-state index in [2.05, 4.69) is 5.32 Å². The first-order valence-electron chi connectivity index (χ1n) is 7.61. The van der Waals surface area contributed by atoms with E-state index in [1.165, 1.54) is 19.3 Å². The summed E-state index contributed by atoms with van der Waals surface area (Å²) in [5.74, 6) is -0.487. The molecule has 0 unspecified atom stereocenters. The molecule has 2 rings (SSSR count). The molecule has 23 heavy (non-hydrogen) atoms. The molecule has 1 fully saturated rings. The lowest BCUT2D eigenvalue weighted by Gasteiger charge is -2.30. The summed E-state index contributed by atoms with van der Waals surface area (Å²) in [5.41, 5.74) is 0.444. The lowest BCUT2D eigenvalue weighted by Crippen LogP contribution is -2.30. The SMILES string of the molecule is CN(/C=C(/C#N)C(=O)Nc1cc(Cl)ccc1Cl)C1CCCCC1. The molecular weight excluding hydrogens is 333 g/mol. The Kier molecular flexibility index (Phi) is 6.32. The van der Waals surface area contributed by atoms with Gasteiger partial charge in [0, 0.05) is 24.3 Å². The van der Waals surface area contributed by atoms with Gasteiger partial charge in [0.15, 0.2) is 0 Å². The van der Waals surface area contributed by atoms with Crippen molar-refractivity contribution in [2.45, 2.75) is 38.1 Å². The molecule has 1 aromatic rings. The average molecular weight is 352 g/mol. The second-order valence-electron chi connectivity index (χ2n) is 5.69. The van der Waals surface area contributed by atoms with E-state index in [1.54, 1.807) is 24.4 Å². The standard InChI is InChI=1S/C17H19Cl2N3O/c1-22(14-5-3-2-4-6-14)11-12(10-20)17(23)21-16-9-13(18)7-8-15(16)19/h7-9,11,14H,2-6H2,1H3,(H,21,23)/b12-11-. The van der Waals surface area contributed by atoms with E-state index >= 15 is 0 Å². The summed E-state index contributed by atoms with van der Waals surface area (Å²) in [5, 5.41) is 12.8. The van der Waals surface area contributed by atoms with Crippen molar-refractivity contribution in [2.75, 3.05) is 12.4 Å². The van der Waals surface area contributed by atoms with E-state index in [9.17, 15) is 10.1 Å². The number of amides is 1. The number of hydrogen-bond acceptors (Lipinski definition) is 3. The van der Waals surface area contributed by atoms with E-state index in [0.29, 0.717) is 21.8 Å². The Labute approximate surface area is 146 Å². The largest absolute Gasteiger partial charge is 0.376 e. The molecule has 1 N–H and O–H groups in total. The van der Waals surface area contributed by atoms with Gasteiger partial charge in [0.1, 0.15) is 11.6 Å². The number of carbonyl (C=O) groups excluding carboxylic acids is 1. The molecule has 0 aromatic heterocycles. The number of carbonyl (C=O) groups is 1. The first kappa shape index (κ1) is 17.7. The van der Waals surface area contributed by atoms with Gasteiger partial charge in [-0.15, -0.1) is 0 Å². The second kappa shape index (κ2) is 8.24. The Balaban J connectivity index is 2.10. The maximum absolute atomic E-state index is 12.3. The van der Waals surface area contributed by atoms with Crippen LogP contribution in [-0.2, 0) is 4.79 Å². The Morgan fingerprint density at radius 2 is 2.04 bits per heavy atom. The minimum atomic E-state index is -0.487. The second-order valence-corrected chi connectivity index (χ2v) is 6.53. The summed E-state index contributed by atoms with van der Waals surface area (Å²) in [7, 11) is 1.91. The molecule has 1 aromatic carbocycles. The van der Waals surface area contributed by atoms with Crippen LogP contribution in [0.5, 0.6) is 0 Å². The molecule has 4 nitrogen and oxygen atoms in total. The maximum Gasteiger partial charge on any atom is 0.267 e. The third kappa shape index (κ3) is 4.89. The van der Waals surface area contributed by atoms with Crippen molar-refractivity contribution >= 4 is 34.8 Å². The van der Waals surface area contributed by atoms with Gasteiger partial charge in [-0.2, -0.15) is 5.26 Å². The van der Waals surface area contributed by atoms with Crippen molar-refractivity contribution in [1.82, 2.24) is 4.90 Å². The summed E-state index contributed by atoms with van der Waals surface area (Å²) in [6.45, 7) is 0. The van der Waals surface area contributed by atoms with Crippen LogP contribution >= 0.6 is 23.2 Å². The fourth-order valence-electron chi connectivity index (χ4n) is 2.72. The zero-order valence-electron chi connectivity index (χ0n) is 13.0. The van der Waals surface area contributed by atoms with Crippen molar-refractivity contribution in [3.8, 4) is 6.07 Å². The molecule has 0 atom stereocenters. The topological polar surface area (TPSA) is 56.1 Å². The molecular formula is C17H19Cl2N3O. The van der Waals surface area contributed by atoms with Crippen LogP contribution in [0.25, 0.3) is 0 Å². The fraction of sp³-hybridized carbons (Fsp3) is 0.412. The number of nitrogens with zero attached hydrogens (tertiary/aromatic N) is 2. The monoisotopic (exact) mass is 351 g/mol. The smallest absolute Gasteiger partial charge is 0.267 e. The highest BCUT2D eigenvalue weighted by atomic mass is 35.5. The van der Waals surface area contributed by atoms with Crippen LogP contribution in [-0.4, -0.2) is 23.9 Å². The van der Waals surface area contributed by atoms with E-state index in [1.807, 2.05) is 18.0 Å². The van der Waals surface area contributed by atoms with Crippen LogP contribution in [0.3, 0.4) is 0 Å². The maximum atomic E-state index is 12.3. The number of anilines is 1. The Morgan fingerprint density at radius 3 is 2.70 bits per heavy atom. The lowest BCUT2D eigenvalue weighted by molar-refractivity contribution is -0.112.